The average Bonchev–Trinajstić information content (AvgIpc) is 1.98. The second-order valence-electron chi connectivity index (χ2n) is 2.00. The first-order valence-electron chi connectivity index (χ1n) is 3.25. The third kappa shape index (κ3) is 5.48. The van der Waals surface area contributed by atoms with Gasteiger partial charge in [-0.1, -0.05) is 0 Å². The van der Waals surface area contributed by atoms with Crippen molar-refractivity contribution in [3.63, 3.8) is 0 Å². The number of aliphatic hydroxyl groups is 2. The molecule has 0 aromatic heterocycles. The fourth-order valence-corrected chi connectivity index (χ4v) is 0.831. The molecule has 1 atom stereocenters. The maximum Gasteiger partial charge on any atom is 0.189 e. The highest BCUT2D eigenvalue weighted by molar-refractivity contribution is 7.96. The van der Waals surface area contributed by atoms with Crippen LogP contribution < -0.4 is 0 Å². The van der Waals surface area contributed by atoms with Gasteiger partial charge in [-0.25, -0.2) is 0 Å². The Morgan fingerprint density at radius 1 is 1.67 bits per heavy atom. The van der Waals surface area contributed by atoms with Gasteiger partial charge in [0.05, 0.1) is 13.0 Å². The van der Waals surface area contributed by atoms with E-state index in [9.17, 15) is 4.79 Å². The first-order valence-corrected chi connectivity index (χ1v) is 4.11. The number of carbonyl (C=O) groups excluding carboxylic acids is 1. The SMILES string of the molecule is O=C(S)CC(O)C(=S)OCCO. The fraction of sp³-hybridized carbons (Fsp3) is 0.667. The lowest BCUT2D eigenvalue weighted by molar-refractivity contribution is -0.111. The van der Waals surface area contributed by atoms with Crippen LogP contribution in [0.4, 0.5) is 0 Å². The summed E-state index contributed by atoms with van der Waals surface area (Å²) >= 11 is 8.05. The van der Waals surface area contributed by atoms with E-state index in [0.29, 0.717) is 0 Å². The quantitative estimate of drug-likeness (QED) is 0.423. The summed E-state index contributed by atoms with van der Waals surface area (Å²) in [6, 6.07) is 0. The third-order valence-electron chi connectivity index (χ3n) is 0.976. The van der Waals surface area contributed by atoms with E-state index < -0.39 is 11.2 Å². The molecule has 0 fully saturated rings. The molecule has 0 radical (unpaired) electrons. The summed E-state index contributed by atoms with van der Waals surface area (Å²) in [7, 11) is 0. The van der Waals surface area contributed by atoms with Crippen LogP contribution in [0, 0.1) is 0 Å². The maximum absolute atomic E-state index is 10.4. The van der Waals surface area contributed by atoms with Gasteiger partial charge >= 0.3 is 0 Å². The van der Waals surface area contributed by atoms with Crippen LogP contribution in [-0.4, -0.2) is 39.7 Å². The van der Waals surface area contributed by atoms with E-state index >= 15 is 0 Å². The number of thiol groups is 1. The van der Waals surface area contributed by atoms with Gasteiger partial charge in [0.2, 0.25) is 0 Å². The molecule has 0 saturated carbocycles. The molecule has 0 heterocycles. The molecule has 0 aromatic rings. The largest absolute Gasteiger partial charge is 0.482 e. The zero-order valence-corrected chi connectivity index (χ0v) is 7.98. The number of rotatable bonds is 5. The lowest BCUT2D eigenvalue weighted by Crippen LogP contribution is -2.24. The molecule has 0 aromatic carbocycles. The standard InChI is InChI=1S/C6H10O4S2/c7-1-2-10-6(12)4(8)3-5(9)11/h4,7-8H,1-3H2,(H,9,11). The van der Waals surface area contributed by atoms with E-state index in [1.54, 1.807) is 0 Å². The maximum atomic E-state index is 10.4. The Bertz CT molecular complexity index is 171. The Morgan fingerprint density at radius 3 is 2.67 bits per heavy atom. The molecule has 70 valence electrons. The van der Waals surface area contributed by atoms with Crippen molar-refractivity contribution in [3.05, 3.63) is 0 Å². The van der Waals surface area contributed by atoms with Gasteiger partial charge in [0.25, 0.3) is 0 Å². The molecule has 0 spiro atoms. The molecule has 6 heteroatoms. The predicted molar refractivity (Wildman–Crippen MR) is 50.3 cm³/mol. The smallest absolute Gasteiger partial charge is 0.189 e. The van der Waals surface area contributed by atoms with Gasteiger partial charge in [-0.2, -0.15) is 0 Å². The number of hydrogen-bond donors (Lipinski definition) is 3. The number of carbonyl (C=O) groups is 1. The van der Waals surface area contributed by atoms with Crippen molar-refractivity contribution in [1.29, 1.82) is 0 Å². The molecular weight excluding hydrogens is 200 g/mol. The van der Waals surface area contributed by atoms with Crippen LogP contribution >= 0.6 is 24.8 Å². The highest BCUT2D eigenvalue weighted by Crippen LogP contribution is 2.00. The van der Waals surface area contributed by atoms with E-state index in [4.69, 9.17) is 14.9 Å². The Balaban J connectivity index is 3.69. The number of ether oxygens (including phenoxy) is 1. The number of hydrogen-bond acceptors (Lipinski definition) is 5. The third-order valence-corrected chi connectivity index (χ3v) is 1.55. The fourth-order valence-electron chi connectivity index (χ4n) is 0.491. The zero-order valence-electron chi connectivity index (χ0n) is 6.27. The lowest BCUT2D eigenvalue weighted by Gasteiger charge is -2.10. The molecule has 0 bridgehead atoms. The Kier molecular flexibility index (Phi) is 6.27. The second-order valence-corrected chi connectivity index (χ2v) is 2.91. The summed E-state index contributed by atoms with van der Waals surface area (Å²) < 4.78 is 4.70. The van der Waals surface area contributed by atoms with Crippen LogP contribution in [0.15, 0.2) is 0 Å². The molecule has 0 rings (SSSR count). The molecular formula is C6H10O4S2. The topological polar surface area (TPSA) is 66.8 Å². The van der Waals surface area contributed by atoms with Crippen LogP contribution in [0.2, 0.25) is 0 Å². The van der Waals surface area contributed by atoms with Crippen LogP contribution in [0.5, 0.6) is 0 Å². The molecule has 0 aliphatic carbocycles. The van der Waals surface area contributed by atoms with Crippen LogP contribution in [0.25, 0.3) is 0 Å². The summed E-state index contributed by atoms with van der Waals surface area (Å²) in [5, 5.41) is 16.9. The highest BCUT2D eigenvalue weighted by Gasteiger charge is 2.14. The predicted octanol–water partition coefficient (Wildman–Crippen LogP) is -0.470. The molecule has 0 aliphatic heterocycles. The Hall–Kier alpha value is -0.170. The zero-order chi connectivity index (χ0) is 9.56. The number of thiocarbonyl (C=S) groups is 1. The molecule has 4 nitrogen and oxygen atoms in total. The molecule has 2 N–H and O–H groups in total. The van der Waals surface area contributed by atoms with E-state index in [-0.39, 0.29) is 24.7 Å². The van der Waals surface area contributed by atoms with Gasteiger partial charge in [-0.15, -0.1) is 12.6 Å². The van der Waals surface area contributed by atoms with Crippen molar-refractivity contribution in [2.75, 3.05) is 13.2 Å². The monoisotopic (exact) mass is 210 g/mol. The molecule has 0 saturated heterocycles. The normalized spacial score (nSPS) is 12.2. The average molecular weight is 210 g/mol. The van der Waals surface area contributed by atoms with Gasteiger partial charge in [0.15, 0.2) is 10.2 Å². The van der Waals surface area contributed by atoms with Crippen molar-refractivity contribution in [1.82, 2.24) is 0 Å². The molecule has 0 amide bonds. The van der Waals surface area contributed by atoms with Crippen molar-refractivity contribution in [2.45, 2.75) is 12.5 Å². The summed E-state index contributed by atoms with van der Waals surface area (Å²) in [4.78, 5) is 10.4. The minimum absolute atomic E-state index is 0.0245. The van der Waals surface area contributed by atoms with Gasteiger partial charge in [0.1, 0.15) is 12.7 Å². The lowest BCUT2D eigenvalue weighted by atomic mass is 10.3. The molecule has 12 heavy (non-hydrogen) atoms. The minimum atomic E-state index is -1.11. The van der Waals surface area contributed by atoms with Gasteiger partial charge in [0, 0.05) is 0 Å². The van der Waals surface area contributed by atoms with Crippen molar-refractivity contribution < 1.29 is 19.7 Å². The van der Waals surface area contributed by atoms with Gasteiger partial charge in [-0.3, -0.25) is 4.79 Å². The van der Waals surface area contributed by atoms with E-state index in [2.05, 4.69) is 24.8 Å². The van der Waals surface area contributed by atoms with Crippen molar-refractivity contribution >= 4 is 35.0 Å². The Labute approximate surface area is 80.9 Å². The summed E-state index contributed by atoms with van der Waals surface area (Å²) in [5.74, 6) is 0. The summed E-state index contributed by atoms with van der Waals surface area (Å²) in [6.07, 6.45) is -1.29. The van der Waals surface area contributed by atoms with Crippen molar-refractivity contribution in [3.8, 4) is 0 Å². The van der Waals surface area contributed by atoms with Crippen molar-refractivity contribution in [2.24, 2.45) is 0 Å². The summed E-state index contributed by atoms with van der Waals surface area (Å²) in [5.41, 5.74) is 0. The highest BCUT2D eigenvalue weighted by atomic mass is 32.1. The first kappa shape index (κ1) is 11.8. The minimum Gasteiger partial charge on any atom is -0.482 e. The summed E-state index contributed by atoms with van der Waals surface area (Å²) in [6.45, 7) is -0.154. The molecule has 0 aliphatic rings. The van der Waals surface area contributed by atoms with E-state index in [1.807, 2.05) is 0 Å². The van der Waals surface area contributed by atoms with Gasteiger partial charge < -0.3 is 14.9 Å². The van der Waals surface area contributed by atoms with E-state index in [0.717, 1.165) is 0 Å². The van der Waals surface area contributed by atoms with Crippen LogP contribution in [-0.2, 0) is 9.53 Å². The number of aliphatic hydroxyl groups excluding tert-OH is 2. The van der Waals surface area contributed by atoms with E-state index in [1.165, 1.54) is 0 Å². The Morgan fingerprint density at radius 2 is 2.25 bits per heavy atom. The van der Waals surface area contributed by atoms with Crippen LogP contribution in [0.3, 0.4) is 0 Å². The second kappa shape index (κ2) is 6.36. The van der Waals surface area contributed by atoms with Gasteiger partial charge in [-0.05, 0) is 12.2 Å². The molecule has 1 unspecified atom stereocenters. The van der Waals surface area contributed by atoms with Crippen LogP contribution in [0.1, 0.15) is 6.42 Å². The first-order chi connectivity index (χ1) is 5.57.